The standard InChI is InChI=1S/C15H22N4/c1-14(2,3)9-15(4,5)19-13-11-7-6-8-16-12(11)17-10-18-13/h6-8,10H,9H2,1-5H3,(H,16,17,18,19). The maximum absolute atomic E-state index is 4.36. The number of rotatable bonds is 3. The average Bonchev–Trinajstić information content (AvgIpc) is 2.25. The highest BCUT2D eigenvalue weighted by Crippen LogP contribution is 2.30. The highest BCUT2D eigenvalue weighted by Gasteiger charge is 2.26. The fourth-order valence-electron chi connectivity index (χ4n) is 2.69. The summed E-state index contributed by atoms with van der Waals surface area (Å²) >= 11 is 0. The summed E-state index contributed by atoms with van der Waals surface area (Å²) < 4.78 is 0. The number of hydrogen-bond donors (Lipinski definition) is 1. The molecule has 102 valence electrons. The predicted molar refractivity (Wildman–Crippen MR) is 79.1 cm³/mol. The van der Waals surface area contributed by atoms with Crippen LogP contribution in [0, 0.1) is 5.41 Å². The monoisotopic (exact) mass is 258 g/mol. The molecule has 0 radical (unpaired) electrons. The van der Waals surface area contributed by atoms with Gasteiger partial charge in [-0.25, -0.2) is 15.0 Å². The zero-order chi connectivity index (χ0) is 14.1. The Morgan fingerprint density at radius 1 is 1.05 bits per heavy atom. The molecule has 4 nitrogen and oxygen atoms in total. The van der Waals surface area contributed by atoms with E-state index in [1.807, 2.05) is 12.1 Å². The van der Waals surface area contributed by atoms with Gasteiger partial charge in [0.2, 0.25) is 0 Å². The molecule has 0 aliphatic rings. The van der Waals surface area contributed by atoms with Gasteiger partial charge in [0.05, 0.1) is 5.39 Å². The summed E-state index contributed by atoms with van der Waals surface area (Å²) in [6.45, 7) is 11.1. The smallest absolute Gasteiger partial charge is 0.164 e. The number of nitrogens with zero attached hydrogens (tertiary/aromatic N) is 3. The molecular weight excluding hydrogens is 236 g/mol. The van der Waals surface area contributed by atoms with Crippen LogP contribution in [0.2, 0.25) is 0 Å². The lowest BCUT2D eigenvalue weighted by Gasteiger charge is -2.34. The Bertz CT molecular complexity index is 564. The number of aromatic nitrogens is 3. The van der Waals surface area contributed by atoms with E-state index in [1.54, 1.807) is 12.5 Å². The first-order chi connectivity index (χ1) is 8.77. The van der Waals surface area contributed by atoms with Gasteiger partial charge in [-0.15, -0.1) is 0 Å². The third-order valence-corrected chi connectivity index (χ3v) is 2.84. The van der Waals surface area contributed by atoms with Gasteiger partial charge in [-0.05, 0) is 37.8 Å². The Hall–Kier alpha value is -1.71. The van der Waals surface area contributed by atoms with Crippen molar-refractivity contribution < 1.29 is 0 Å². The Labute approximate surface area is 114 Å². The Morgan fingerprint density at radius 2 is 1.79 bits per heavy atom. The van der Waals surface area contributed by atoms with Crippen molar-refractivity contribution in [2.45, 2.75) is 46.6 Å². The van der Waals surface area contributed by atoms with Gasteiger partial charge in [0.1, 0.15) is 12.1 Å². The molecule has 0 bridgehead atoms. The van der Waals surface area contributed by atoms with Gasteiger partial charge >= 0.3 is 0 Å². The zero-order valence-corrected chi connectivity index (χ0v) is 12.4. The number of nitrogens with one attached hydrogen (secondary N) is 1. The van der Waals surface area contributed by atoms with Crippen molar-refractivity contribution in [1.82, 2.24) is 15.0 Å². The molecular formula is C15H22N4. The third kappa shape index (κ3) is 3.63. The predicted octanol–water partition coefficient (Wildman–Crippen LogP) is 3.65. The SMILES string of the molecule is CC(C)(C)CC(C)(C)Nc1ncnc2ncccc12. The lowest BCUT2D eigenvalue weighted by molar-refractivity contribution is 0.302. The normalized spacial score (nSPS) is 12.7. The first-order valence-corrected chi connectivity index (χ1v) is 6.61. The quantitative estimate of drug-likeness (QED) is 0.913. The van der Waals surface area contributed by atoms with Gasteiger partial charge in [0.15, 0.2) is 5.65 Å². The van der Waals surface area contributed by atoms with Gasteiger partial charge < -0.3 is 5.32 Å². The second kappa shape index (κ2) is 4.76. The Morgan fingerprint density at radius 3 is 2.47 bits per heavy atom. The van der Waals surface area contributed by atoms with Crippen LogP contribution in [0.1, 0.15) is 41.0 Å². The molecule has 0 aliphatic carbocycles. The second-order valence-corrected chi connectivity index (χ2v) is 6.84. The van der Waals surface area contributed by atoms with Crippen molar-refractivity contribution >= 4 is 16.9 Å². The first-order valence-electron chi connectivity index (χ1n) is 6.61. The average molecular weight is 258 g/mol. The summed E-state index contributed by atoms with van der Waals surface area (Å²) in [5.74, 6) is 0.854. The van der Waals surface area contributed by atoms with Gasteiger partial charge in [-0.1, -0.05) is 20.8 Å². The van der Waals surface area contributed by atoms with Gasteiger partial charge in [-0.3, -0.25) is 0 Å². The van der Waals surface area contributed by atoms with Crippen molar-refractivity contribution in [2.75, 3.05) is 5.32 Å². The molecule has 0 spiro atoms. The molecule has 4 heteroatoms. The van der Waals surface area contributed by atoms with Crippen molar-refractivity contribution in [3.63, 3.8) is 0 Å². The molecule has 0 amide bonds. The molecule has 0 aromatic carbocycles. The summed E-state index contributed by atoms with van der Waals surface area (Å²) in [6, 6.07) is 3.91. The molecule has 2 aromatic rings. The first kappa shape index (κ1) is 13.7. The van der Waals surface area contributed by atoms with E-state index in [0.717, 1.165) is 23.3 Å². The van der Waals surface area contributed by atoms with Crippen molar-refractivity contribution in [1.29, 1.82) is 0 Å². The molecule has 2 heterocycles. The maximum atomic E-state index is 4.36. The zero-order valence-electron chi connectivity index (χ0n) is 12.4. The minimum Gasteiger partial charge on any atom is -0.365 e. The van der Waals surface area contributed by atoms with E-state index in [4.69, 9.17) is 0 Å². The number of pyridine rings is 1. The highest BCUT2D eigenvalue weighted by molar-refractivity contribution is 5.86. The molecule has 1 N–H and O–H groups in total. The molecule has 0 fully saturated rings. The van der Waals surface area contributed by atoms with E-state index in [2.05, 4.69) is 54.9 Å². The molecule has 2 aromatic heterocycles. The minimum absolute atomic E-state index is 0.0324. The molecule has 19 heavy (non-hydrogen) atoms. The number of anilines is 1. The van der Waals surface area contributed by atoms with Gasteiger partial charge in [-0.2, -0.15) is 0 Å². The fraction of sp³-hybridized carbons (Fsp3) is 0.533. The summed E-state index contributed by atoms with van der Waals surface area (Å²) in [7, 11) is 0. The van der Waals surface area contributed by atoms with E-state index in [0.29, 0.717) is 0 Å². The van der Waals surface area contributed by atoms with E-state index >= 15 is 0 Å². The minimum atomic E-state index is -0.0324. The topological polar surface area (TPSA) is 50.7 Å². The Kier molecular flexibility index (Phi) is 3.43. The molecule has 0 saturated heterocycles. The summed E-state index contributed by atoms with van der Waals surface area (Å²) in [6.07, 6.45) is 4.36. The van der Waals surface area contributed by atoms with Crippen LogP contribution in [0.15, 0.2) is 24.7 Å². The van der Waals surface area contributed by atoms with E-state index in [9.17, 15) is 0 Å². The second-order valence-electron chi connectivity index (χ2n) is 6.84. The highest BCUT2D eigenvalue weighted by atomic mass is 15.1. The van der Waals surface area contributed by atoms with E-state index in [1.165, 1.54) is 0 Å². The molecule has 0 saturated carbocycles. The van der Waals surface area contributed by atoms with Crippen molar-refractivity contribution in [3.05, 3.63) is 24.7 Å². The van der Waals surface area contributed by atoms with Crippen LogP contribution in [0.5, 0.6) is 0 Å². The fourth-order valence-corrected chi connectivity index (χ4v) is 2.69. The van der Waals surface area contributed by atoms with Crippen LogP contribution in [-0.4, -0.2) is 20.5 Å². The van der Waals surface area contributed by atoms with Crippen LogP contribution >= 0.6 is 0 Å². The van der Waals surface area contributed by atoms with E-state index in [-0.39, 0.29) is 11.0 Å². The largest absolute Gasteiger partial charge is 0.365 e. The summed E-state index contributed by atoms with van der Waals surface area (Å²) in [5, 5.41) is 4.49. The molecule has 0 unspecified atom stereocenters. The lowest BCUT2D eigenvalue weighted by Crippen LogP contribution is -2.35. The summed E-state index contributed by atoms with van der Waals surface area (Å²) in [4.78, 5) is 12.8. The maximum Gasteiger partial charge on any atom is 0.164 e. The number of fused-ring (bicyclic) bond motifs is 1. The van der Waals surface area contributed by atoms with E-state index < -0.39 is 0 Å². The van der Waals surface area contributed by atoms with Crippen LogP contribution in [0.25, 0.3) is 11.0 Å². The molecule has 0 atom stereocenters. The van der Waals surface area contributed by atoms with Gasteiger partial charge in [0, 0.05) is 11.7 Å². The van der Waals surface area contributed by atoms with Gasteiger partial charge in [0.25, 0.3) is 0 Å². The summed E-state index contributed by atoms with van der Waals surface area (Å²) in [5.41, 5.74) is 0.957. The van der Waals surface area contributed by atoms with Crippen LogP contribution in [0.4, 0.5) is 5.82 Å². The lowest BCUT2D eigenvalue weighted by atomic mass is 9.82. The van der Waals surface area contributed by atoms with Crippen LogP contribution in [-0.2, 0) is 0 Å². The Balaban J connectivity index is 2.31. The van der Waals surface area contributed by atoms with Crippen molar-refractivity contribution in [2.24, 2.45) is 5.41 Å². The third-order valence-electron chi connectivity index (χ3n) is 2.84. The molecule has 2 rings (SSSR count). The van der Waals surface area contributed by atoms with Crippen LogP contribution in [0.3, 0.4) is 0 Å². The number of hydrogen-bond acceptors (Lipinski definition) is 4. The van der Waals surface area contributed by atoms with Crippen LogP contribution < -0.4 is 5.32 Å². The van der Waals surface area contributed by atoms with Crippen molar-refractivity contribution in [3.8, 4) is 0 Å². The molecule has 0 aliphatic heterocycles.